The zero-order valence-corrected chi connectivity index (χ0v) is 7.39. The molecule has 0 bridgehead atoms. The standard InChI is InChI=1S/C11H14F/c1-2-3-4-6-10-7-5-8-11(12)9-10/h4-5,7-9H,2-3,6H2,1H3. The van der Waals surface area contributed by atoms with Crippen LogP contribution in [-0.4, -0.2) is 0 Å². The number of halogens is 1. The van der Waals surface area contributed by atoms with Crippen molar-refractivity contribution in [2.24, 2.45) is 0 Å². The normalized spacial score (nSPS) is 10.2. The molecule has 0 amide bonds. The molecule has 0 saturated heterocycles. The average Bonchev–Trinajstić information content (AvgIpc) is 2.05. The molecule has 0 unspecified atom stereocenters. The zero-order chi connectivity index (χ0) is 8.81. The number of hydrogen-bond donors (Lipinski definition) is 0. The molecule has 12 heavy (non-hydrogen) atoms. The Labute approximate surface area is 73.4 Å². The molecule has 0 saturated carbocycles. The minimum atomic E-state index is -0.141. The van der Waals surface area contributed by atoms with Gasteiger partial charge in [-0.1, -0.05) is 31.9 Å². The van der Waals surface area contributed by atoms with Crippen LogP contribution < -0.4 is 0 Å². The van der Waals surface area contributed by atoms with E-state index in [1.165, 1.54) is 6.07 Å². The van der Waals surface area contributed by atoms with Gasteiger partial charge in [0, 0.05) is 0 Å². The van der Waals surface area contributed by atoms with Crippen LogP contribution in [0.3, 0.4) is 0 Å². The monoisotopic (exact) mass is 165 g/mol. The van der Waals surface area contributed by atoms with E-state index in [0.29, 0.717) is 0 Å². The Balaban J connectivity index is 2.41. The molecular weight excluding hydrogens is 151 g/mol. The van der Waals surface area contributed by atoms with Crippen molar-refractivity contribution in [1.82, 2.24) is 0 Å². The fraction of sp³-hybridized carbons (Fsp3) is 0.364. The summed E-state index contributed by atoms with van der Waals surface area (Å²) in [6.45, 7) is 2.14. The molecule has 0 aliphatic carbocycles. The van der Waals surface area contributed by atoms with Gasteiger partial charge >= 0.3 is 0 Å². The number of hydrogen-bond acceptors (Lipinski definition) is 0. The van der Waals surface area contributed by atoms with Crippen molar-refractivity contribution in [3.63, 3.8) is 0 Å². The molecule has 0 nitrogen and oxygen atoms in total. The van der Waals surface area contributed by atoms with E-state index in [9.17, 15) is 4.39 Å². The second-order valence-electron chi connectivity index (χ2n) is 2.91. The summed E-state index contributed by atoms with van der Waals surface area (Å²) in [6, 6.07) is 6.77. The third-order valence-electron chi connectivity index (χ3n) is 1.76. The molecule has 0 aliphatic heterocycles. The topological polar surface area (TPSA) is 0 Å². The van der Waals surface area contributed by atoms with Gasteiger partial charge in [-0.2, -0.15) is 0 Å². The first-order chi connectivity index (χ1) is 5.83. The van der Waals surface area contributed by atoms with Crippen molar-refractivity contribution < 1.29 is 4.39 Å². The van der Waals surface area contributed by atoms with Crippen LogP contribution in [0.1, 0.15) is 25.3 Å². The quantitative estimate of drug-likeness (QED) is 0.600. The van der Waals surface area contributed by atoms with Crippen LogP contribution in [0.15, 0.2) is 24.3 Å². The van der Waals surface area contributed by atoms with Crippen LogP contribution in [0.5, 0.6) is 0 Å². The van der Waals surface area contributed by atoms with Gasteiger partial charge in [-0.3, -0.25) is 0 Å². The Hall–Kier alpha value is -0.850. The fourth-order valence-corrected chi connectivity index (χ4v) is 1.14. The van der Waals surface area contributed by atoms with Crippen molar-refractivity contribution in [1.29, 1.82) is 0 Å². The Bertz CT molecular complexity index is 230. The summed E-state index contributed by atoms with van der Waals surface area (Å²) in [4.78, 5) is 0. The zero-order valence-electron chi connectivity index (χ0n) is 7.39. The first-order valence-electron chi connectivity index (χ1n) is 4.39. The molecule has 1 aromatic rings. The predicted molar refractivity (Wildman–Crippen MR) is 49.3 cm³/mol. The average molecular weight is 165 g/mol. The van der Waals surface area contributed by atoms with E-state index in [1.807, 2.05) is 6.07 Å². The van der Waals surface area contributed by atoms with E-state index in [-0.39, 0.29) is 5.82 Å². The minimum absolute atomic E-state index is 0.141. The van der Waals surface area contributed by atoms with Crippen molar-refractivity contribution >= 4 is 0 Å². The van der Waals surface area contributed by atoms with Crippen LogP contribution in [0.25, 0.3) is 0 Å². The summed E-state index contributed by atoms with van der Waals surface area (Å²) in [6.07, 6.45) is 5.34. The summed E-state index contributed by atoms with van der Waals surface area (Å²) in [5, 5.41) is 0. The van der Waals surface area contributed by atoms with Crippen LogP contribution in [0, 0.1) is 12.2 Å². The molecule has 0 heterocycles. The highest BCUT2D eigenvalue weighted by molar-refractivity contribution is 5.17. The third kappa shape index (κ3) is 3.04. The summed E-state index contributed by atoms with van der Waals surface area (Å²) in [5.74, 6) is -0.141. The Morgan fingerprint density at radius 3 is 2.92 bits per heavy atom. The number of unbranched alkanes of at least 4 members (excludes halogenated alkanes) is 2. The first-order valence-corrected chi connectivity index (χ1v) is 4.39. The van der Waals surface area contributed by atoms with E-state index < -0.39 is 0 Å². The first kappa shape index (κ1) is 9.24. The predicted octanol–water partition coefficient (Wildman–Crippen LogP) is 3.37. The van der Waals surface area contributed by atoms with Crippen molar-refractivity contribution in [2.75, 3.05) is 0 Å². The molecule has 1 aromatic carbocycles. The Kier molecular flexibility index (Phi) is 3.78. The molecule has 0 fully saturated rings. The second kappa shape index (κ2) is 4.91. The molecule has 0 aliphatic rings. The smallest absolute Gasteiger partial charge is 0.123 e. The summed E-state index contributed by atoms with van der Waals surface area (Å²) in [7, 11) is 0. The largest absolute Gasteiger partial charge is 0.207 e. The minimum Gasteiger partial charge on any atom is -0.207 e. The maximum atomic E-state index is 12.7. The van der Waals surface area contributed by atoms with Gasteiger partial charge in [-0.25, -0.2) is 4.39 Å². The maximum absolute atomic E-state index is 12.7. The number of rotatable bonds is 4. The highest BCUT2D eigenvalue weighted by Gasteiger charge is 1.94. The molecule has 1 radical (unpaired) electrons. The van der Waals surface area contributed by atoms with Crippen LogP contribution in [0.4, 0.5) is 4.39 Å². The molecule has 0 spiro atoms. The molecule has 0 N–H and O–H groups in total. The summed E-state index contributed by atoms with van der Waals surface area (Å²) < 4.78 is 12.7. The SMILES string of the molecule is CCC[CH]Cc1cccc(F)c1. The lowest BCUT2D eigenvalue weighted by atomic mass is 10.1. The van der Waals surface area contributed by atoms with Gasteiger partial charge in [-0.15, -0.1) is 0 Å². The van der Waals surface area contributed by atoms with Gasteiger partial charge in [0.15, 0.2) is 0 Å². The van der Waals surface area contributed by atoms with E-state index in [0.717, 1.165) is 24.8 Å². The van der Waals surface area contributed by atoms with Crippen LogP contribution >= 0.6 is 0 Å². The van der Waals surface area contributed by atoms with E-state index in [4.69, 9.17) is 0 Å². The molecule has 65 valence electrons. The lowest BCUT2D eigenvalue weighted by Crippen LogP contribution is -1.86. The van der Waals surface area contributed by atoms with Crippen molar-refractivity contribution in [2.45, 2.75) is 26.2 Å². The highest BCUT2D eigenvalue weighted by atomic mass is 19.1. The molecule has 0 aromatic heterocycles. The molecular formula is C11H14F. The summed E-state index contributed by atoms with van der Waals surface area (Å²) >= 11 is 0. The highest BCUT2D eigenvalue weighted by Crippen LogP contribution is 2.07. The fourth-order valence-electron chi connectivity index (χ4n) is 1.14. The lowest BCUT2D eigenvalue weighted by Gasteiger charge is -1.99. The maximum Gasteiger partial charge on any atom is 0.123 e. The third-order valence-corrected chi connectivity index (χ3v) is 1.76. The molecule has 1 heteroatoms. The lowest BCUT2D eigenvalue weighted by molar-refractivity contribution is 0.625. The molecule has 0 atom stereocenters. The van der Waals surface area contributed by atoms with Crippen molar-refractivity contribution in [3.05, 3.63) is 42.1 Å². The van der Waals surface area contributed by atoms with Gasteiger partial charge < -0.3 is 0 Å². The van der Waals surface area contributed by atoms with Gasteiger partial charge in [0.05, 0.1) is 0 Å². The van der Waals surface area contributed by atoms with Gasteiger partial charge in [0.25, 0.3) is 0 Å². The van der Waals surface area contributed by atoms with E-state index >= 15 is 0 Å². The Morgan fingerprint density at radius 2 is 2.25 bits per heavy atom. The van der Waals surface area contributed by atoms with Crippen LogP contribution in [-0.2, 0) is 6.42 Å². The van der Waals surface area contributed by atoms with E-state index in [2.05, 4.69) is 13.3 Å². The molecule has 1 rings (SSSR count). The number of benzene rings is 1. The van der Waals surface area contributed by atoms with Crippen LogP contribution in [0.2, 0.25) is 0 Å². The van der Waals surface area contributed by atoms with Crippen molar-refractivity contribution in [3.8, 4) is 0 Å². The Morgan fingerprint density at radius 1 is 1.42 bits per heavy atom. The van der Waals surface area contributed by atoms with Gasteiger partial charge in [0.2, 0.25) is 0 Å². The second-order valence-corrected chi connectivity index (χ2v) is 2.91. The van der Waals surface area contributed by atoms with Gasteiger partial charge in [0.1, 0.15) is 5.82 Å². The summed E-state index contributed by atoms with van der Waals surface area (Å²) in [5.41, 5.74) is 1.06. The van der Waals surface area contributed by atoms with Gasteiger partial charge in [-0.05, 0) is 30.5 Å². The van der Waals surface area contributed by atoms with E-state index in [1.54, 1.807) is 12.1 Å².